The molecule has 1 aromatic heterocycles. The smallest absolute Gasteiger partial charge is 0.0927 e. The van der Waals surface area contributed by atoms with Crippen molar-refractivity contribution in [3.05, 3.63) is 72.4 Å². The van der Waals surface area contributed by atoms with E-state index < -0.39 is 0 Å². The van der Waals surface area contributed by atoms with E-state index in [9.17, 15) is 0 Å². The SMILES string of the molecule is Cc1ccc(-n2ccc(-c3ccccc3)n2)cc1. The molecule has 0 bridgehead atoms. The van der Waals surface area contributed by atoms with Crippen LogP contribution in [-0.4, -0.2) is 9.78 Å². The molecule has 2 heteroatoms. The molecular weight excluding hydrogens is 220 g/mol. The maximum absolute atomic E-state index is 4.60. The van der Waals surface area contributed by atoms with Gasteiger partial charge in [0, 0.05) is 11.8 Å². The van der Waals surface area contributed by atoms with Gasteiger partial charge in [0.15, 0.2) is 0 Å². The average molecular weight is 234 g/mol. The first-order valence-corrected chi connectivity index (χ1v) is 6.01. The Hall–Kier alpha value is -2.35. The molecule has 18 heavy (non-hydrogen) atoms. The van der Waals surface area contributed by atoms with E-state index in [1.54, 1.807) is 0 Å². The van der Waals surface area contributed by atoms with Gasteiger partial charge in [-0.05, 0) is 25.1 Å². The minimum atomic E-state index is 0.996. The van der Waals surface area contributed by atoms with Gasteiger partial charge in [-0.25, -0.2) is 4.68 Å². The van der Waals surface area contributed by atoms with Gasteiger partial charge in [0.1, 0.15) is 0 Å². The number of nitrogens with zero attached hydrogens (tertiary/aromatic N) is 2. The van der Waals surface area contributed by atoms with Crippen molar-refractivity contribution in [1.82, 2.24) is 9.78 Å². The lowest BCUT2D eigenvalue weighted by molar-refractivity contribution is 0.884. The van der Waals surface area contributed by atoms with Crippen molar-refractivity contribution in [3.8, 4) is 16.9 Å². The highest BCUT2D eigenvalue weighted by Gasteiger charge is 2.02. The quantitative estimate of drug-likeness (QED) is 0.658. The van der Waals surface area contributed by atoms with Crippen LogP contribution in [0, 0.1) is 6.92 Å². The van der Waals surface area contributed by atoms with E-state index in [1.807, 2.05) is 35.1 Å². The van der Waals surface area contributed by atoms with E-state index in [4.69, 9.17) is 0 Å². The van der Waals surface area contributed by atoms with Gasteiger partial charge in [-0.15, -0.1) is 0 Å². The highest BCUT2D eigenvalue weighted by atomic mass is 15.3. The number of hydrogen-bond donors (Lipinski definition) is 0. The van der Waals surface area contributed by atoms with Crippen LogP contribution in [0.15, 0.2) is 66.9 Å². The summed E-state index contributed by atoms with van der Waals surface area (Å²) < 4.78 is 1.90. The average Bonchev–Trinajstić information content (AvgIpc) is 2.90. The maximum atomic E-state index is 4.60. The summed E-state index contributed by atoms with van der Waals surface area (Å²) in [6.07, 6.45) is 1.99. The lowest BCUT2D eigenvalue weighted by atomic mass is 10.2. The Morgan fingerprint density at radius 3 is 2.28 bits per heavy atom. The Bertz CT molecular complexity index is 636. The van der Waals surface area contributed by atoms with Crippen molar-refractivity contribution in [3.63, 3.8) is 0 Å². The summed E-state index contributed by atoms with van der Waals surface area (Å²) in [7, 11) is 0. The molecule has 0 atom stereocenters. The van der Waals surface area contributed by atoms with Gasteiger partial charge in [0.2, 0.25) is 0 Å². The zero-order valence-electron chi connectivity index (χ0n) is 10.2. The minimum Gasteiger partial charge on any atom is -0.240 e. The summed E-state index contributed by atoms with van der Waals surface area (Å²) >= 11 is 0. The van der Waals surface area contributed by atoms with E-state index in [0.717, 1.165) is 16.9 Å². The Balaban J connectivity index is 1.97. The number of benzene rings is 2. The molecule has 2 aromatic carbocycles. The minimum absolute atomic E-state index is 0.996. The number of rotatable bonds is 2. The van der Waals surface area contributed by atoms with Crippen LogP contribution < -0.4 is 0 Å². The second-order valence-corrected chi connectivity index (χ2v) is 4.35. The topological polar surface area (TPSA) is 17.8 Å². The van der Waals surface area contributed by atoms with E-state index in [0.29, 0.717) is 0 Å². The molecule has 3 rings (SSSR count). The van der Waals surface area contributed by atoms with Gasteiger partial charge in [-0.3, -0.25) is 0 Å². The van der Waals surface area contributed by atoms with Crippen molar-refractivity contribution >= 4 is 0 Å². The summed E-state index contributed by atoms with van der Waals surface area (Å²) in [6, 6.07) is 20.6. The predicted molar refractivity (Wildman–Crippen MR) is 73.7 cm³/mol. The van der Waals surface area contributed by atoms with Gasteiger partial charge >= 0.3 is 0 Å². The maximum Gasteiger partial charge on any atom is 0.0927 e. The molecule has 0 amide bonds. The van der Waals surface area contributed by atoms with Crippen LogP contribution >= 0.6 is 0 Å². The summed E-state index contributed by atoms with van der Waals surface area (Å²) in [5.74, 6) is 0. The van der Waals surface area contributed by atoms with E-state index >= 15 is 0 Å². The standard InChI is InChI=1S/C16H14N2/c1-13-7-9-15(10-8-13)18-12-11-16(17-18)14-5-3-2-4-6-14/h2-12H,1H3. The highest BCUT2D eigenvalue weighted by Crippen LogP contribution is 2.18. The molecule has 3 aromatic rings. The van der Waals surface area contributed by atoms with E-state index in [-0.39, 0.29) is 0 Å². The monoisotopic (exact) mass is 234 g/mol. The molecule has 0 unspecified atom stereocenters. The first-order chi connectivity index (χ1) is 8.83. The molecule has 1 heterocycles. The molecule has 0 spiro atoms. The van der Waals surface area contributed by atoms with Gasteiger partial charge in [-0.1, -0.05) is 48.0 Å². The molecule has 0 saturated carbocycles. The summed E-state index contributed by atoms with van der Waals surface area (Å²) in [5, 5.41) is 4.60. The fraction of sp³-hybridized carbons (Fsp3) is 0.0625. The van der Waals surface area contributed by atoms with Crippen molar-refractivity contribution in [2.75, 3.05) is 0 Å². The van der Waals surface area contributed by atoms with Crippen molar-refractivity contribution in [2.45, 2.75) is 6.92 Å². The highest BCUT2D eigenvalue weighted by molar-refractivity contribution is 5.58. The molecule has 0 aliphatic heterocycles. The van der Waals surface area contributed by atoms with Crippen molar-refractivity contribution < 1.29 is 0 Å². The van der Waals surface area contributed by atoms with Crippen molar-refractivity contribution in [1.29, 1.82) is 0 Å². The summed E-state index contributed by atoms with van der Waals surface area (Å²) in [5.41, 5.74) is 4.48. The predicted octanol–water partition coefficient (Wildman–Crippen LogP) is 3.85. The molecule has 0 aliphatic rings. The first-order valence-electron chi connectivity index (χ1n) is 6.01. The van der Waals surface area contributed by atoms with Crippen LogP contribution in [0.3, 0.4) is 0 Å². The Labute approximate surface area is 107 Å². The van der Waals surface area contributed by atoms with Crippen LogP contribution in [0.5, 0.6) is 0 Å². The number of aromatic nitrogens is 2. The summed E-state index contributed by atoms with van der Waals surface area (Å²) in [6.45, 7) is 2.09. The van der Waals surface area contributed by atoms with Gasteiger partial charge in [0.05, 0.1) is 11.4 Å². The lowest BCUT2D eigenvalue weighted by Gasteiger charge is -2.01. The van der Waals surface area contributed by atoms with E-state index in [2.05, 4.69) is 48.4 Å². The Kier molecular flexibility index (Phi) is 2.69. The van der Waals surface area contributed by atoms with Gasteiger partial charge < -0.3 is 0 Å². The molecule has 0 aliphatic carbocycles. The summed E-state index contributed by atoms with van der Waals surface area (Å²) in [4.78, 5) is 0. The second-order valence-electron chi connectivity index (χ2n) is 4.35. The van der Waals surface area contributed by atoms with Crippen LogP contribution in [0.2, 0.25) is 0 Å². The Morgan fingerprint density at radius 1 is 0.833 bits per heavy atom. The van der Waals surface area contributed by atoms with Crippen LogP contribution in [0.25, 0.3) is 16.9 Å². The molecule has 0 fully saturated rings. The number of aryl methyl sites for hydroxylation is 1. The second kappa shape index (κ2) is 4.49. The molecule has 2 nitrogen and oxygen atoms in total. The third-order valence-corrected chi connectivity index (χ3v) is 2.96. The Morgan fingerprint density at radius 2 is 1.56 bits per heavy atom. The fourth-order valence-electron chi connectivity index (χ4n) is 1.93. The van der Waals surface area contributed by atoms with E-state index in [1.165, 1.54) is 5.56 Å². The lowest BCUT2D eigenvalue weighted by Crippen LogP contribution is -1.94. The largest absolute Gasteiger partial charge is 0.240 e. The number of hydrogen-bond acceptors (Lipinski definition) is 1. The third-order valence-electron chi connectivity index (χ3n) is 2.96. The van der Waals surface area contributed by atoms with Crippen LogP contribution in [-0.2, 0) is 0 Å². The van der Waals surface area contributed by atoms with Gasteiger partial charge in [0.25, 0.3) is 0 Å². The molecule has 0 radical (unpaired) electrons. The van der Waals surface area contributed by atoms with Crippen LogP contribution in [0.1, 0.15) is 5.56 Å². The normalized spacial score (nSPS) is 10.5. The molecule has 88 valence electrons. The molecule has 0 N–H and O–H groups in total. The van der Waals surface area contributed by atoms with Gasteiger partial charge in [-0.2, -0.15) is 5.10 Å². The fourth-order valence-corrected chi connectivity index (χ4v) is 1.93. The third kappa shape index (κ3) is 2.05. The zero-order chi connectivity index (χ0) is 12.4. The zero-order valence-corrected chi connectivity index (χ0v) is 10.2. The first kappa shape index (κ1) is 10.8. The van der Waals surface area contributed by atoms with Crippen LogP contribution in [0.4, 0.5) is 0 Å². The molecular formula is C16H14N2. The van der Waals surface area contributed by atoms with Crippen molar-refractivity contribution in [2.24, 2.45) is 0 Å². The molecule has 0 saturated heterocycles.